The molecule has 3 rings (SSSR count). The number of hydrogen-bond donors (Lipinski definition) is 2. The minimum atomic E-state index is 0.0989. The molecule has 126 valence electrons. The molecule has 1 aliphatic rings. The molecule has 1 aromatic carbocycles. The van der Waals surface area contributed by atoms with Crippen molar-refractivity contribution in [2.45, 2.75) is 38.5 Å². The fourth-order valence-corrected chi connectivity index (χ4v) is 3.39. The van der Waals surface area contributed by atoms with Crippen molar-refractivity contribution in [3.63, 3.8) is 0 Å². The largest absolute Gasteiger partial charge is 0.356 e. The van der Waals surface area contributed by atoms with Gasteiger partial charge in [0.25, 0.3) is 0 Å². The van der Waals surface area contributed by atoms with Gasteiger partial charge in [0.2, 0.25) is 18.3 Å². The molecule has 0 atom stereocenters. The summed E-state index contributed by atoms with van der Waals surface area (Å²) in [6.45, 7) is 0.798. The van der Waals surface area contributed by atoms with Gasteiger partial charge in [-0.3, -0.25) is 10.0 Å². The van der Waals surface area contributed by atoms with E-state index in [4.69, 9.17) is 0 Å². The van der Waals surface area contributed by atoms with Gasteiger partial charge in [-0.2, -0.15) is 0 Å². The Hall–Kier alpha value is -2.36. The van der Waals surface area contributed by atoms with E-state index in [1.54, 1.807) is 12.4 Å². The van der Waals surface area contributed by atoms with Crippen molar-refractivity contribution >= 4 is 5.91 Å². The van der Waals surface area contributed by atoms with Crippen LogP contribution in [0.4, 0.5) is 0 Å². The topological polar surface area (TPSA) is 53.2 Å². The molecule has 1 heterocycles. The van der Waals surface area contributed by atoms with Crippen molar-refractivity contribution in [3.8, 4) is 11.1 Å². The molecule has 0 bridgehead atoms. The molecule has 4 nitrogen and oxygen atoms in total. The van der Waals surface area contributed by atoms with Crippen LogP contribution in [0.2, 0.25) is 0 Å². The zero-order valence-corrected chi connectivity index (χ0v) is 13.9. The number of carbonyl (C=O) groups excluding carboxylic acids is 1. The third-order valence-corrected chi connectivity index (χ3v) is 4.82. The predicted molar refractivity (Wildman–Crippen MR) is 92.5 cm³/mol. The molecule has 2 N–H and O–H groups in total. The zero-order valence-electron chi connectivity index (χ0n) is 13.9. The molecule has 0 saturated heterocycles. The molecule has 0 radical (unpaired) electrons. The molecule has 2 aromatic rings. The fourth-order valence-electron chi connectivity index (χ4n) is 3.39. The molecule has 0 spiro atoms. The Bertz CT molecular complexity index is 659. The number of pyridine rings is 1. The summed E-state index contributed by atoms with van der Waals surface area (Å²) in [5, 5.41) is 12.3. The highest BCUT2D eigenvalue weighted by molar-refractivity contribution is 5.78. The maximum absolute atomic E-state index is 12.0. The second-order valence-corrected chi connectivity index (χ2v) is 6.63. The lowest BCUT2D eigenvalue weighted by Gasteiger charge is -2.10. The summed E-state index contributed by atoms with van der Waals surface area (Å²) in [7, 11) is 0. The van der Waals surface area contributed by atoms with E-state index >= 15 is 0 Å². The molecule has 1 aliphatic carbocycles. The quantitative estimate of drug-likeness (QED) is 0.633. The Labute approximate surface area is 143 Å². The smallest absolute Gasteiger partial charge is 0.224 e. The van der Waals surface area contributed by atoms with Crippen molar-refractivity contribution in [1.82, 2.24) is 5.32 Å². The van der Waals surface area contributed by atoms with E-state index in [1.807, 2.05) is 36.4 Å². The lowest BCUT2D eigenvalue weighted by molar-refractivity contribution is -0.904. The number of benzene rings is 1. The van der Waals surface area contributed by atoms with E-state index in [1.165, 1.54) is 25.7 Å². The highest BCUT2D eigenvalue weighted by Gasteiger charge is 2.14. The molecule has 1 fully saturated rings. The van der Waals surface area contributed by atoms with E-state index < -0.39 is 0 Å². The molecule has 4 heteroatoms. The minimum Gasteiger partial charge on any atom is -0.356 e. The first-order valence-electron chi connectivity index (χ1n) is 8.77. The van der Waals surface area contributed by atoms with Crippen molar-refractivity contribution < 1.29 is 14.7 Å². The molecule has 24 heavy (non-hydrogen) atoms. The maximum atomic E-state index is 12.0. The van der Waals surface area contributed by atoms with E-state index in [2.05, 4.69) is 5.32 Å². The van der Waals surface area contributed by atoms with Crippen LogP contribution in [0.3, 0.4) is 0 Å². The van der Waals surface area contributed by atoms with Gasteiger partial charge in [-0.25, -0.2) is 0 Å². The molecule has 1 aromatic heterocycles. The molecule has 1 saturated carbocycles. The van der Waals surface area contributed by atoms with Crippen molar-refractivity contribution in [2.75, 3.05) is 6.54 Å². The highest BCUT2D eigenvalue weighted by Crippen LogP contribution is 2.26. The number of aromatic nitrogens is 1. The van der Waals surface area contributed by atoms with Crippen molar-refractivity contribution in [2.24, 2.45) is 5.92 Å². The van der Waals surface area contributed by atoms with Crippen LogP contribution in [0.5, 0.6) is 0 Å². The lowest BCUT2D eigenvalue weighted by atomic mass is 10.0. The van der Waals surface area contributed by atoms with E-state index in [0.717, 1.165) is 40.3 Å². The van der Waals surface area contributed by atoms with Gasteiger partial charge in [0, 0.05) is 23.4 Å². The monoisotopic (exact) mass is 325 g/mol. The molecule has 1 amide bonds. The maximum Gasteiger partial charge on any atom is 0.224 e. The third-order valence-electron chi connectivity index (χ3n) is 4.82. The van der Waals surface area contributed by atoms with Crippen LogP contribution in [0.15, 0.2) is 48.8 Å². The number of hydrogen-bond acceptors (Lipinski definition) is 2. The average molecular weight is 325 g/mol. The Balaban J connectivity index is 1.48. The number of rotatable bonds is 6. The van der Waals surface area contributed by atoms with Gasteiger partial charge >= 0.3 is 0 Å². The number of nitrogens with one attached hydrogen (secondary N) is 1. The Morgan fingerprint density at radius 1 is 1.04 bits per heavy atom. The normalized spacial score (nSPS) is 14.7. The number of amides is 1. The first-order valence-corrected chi connectivity index (χ1v) is 8.77. The van der Waals surface area contributed by atoms with Gasteiger partial charge in [-0.1, -0.05) is 49.9 Å². The zero-order chi connectivity index (χ0) is 16.8. The second kappa shape index (κ2) is 7.95. The van der Waals surface area contributed by atoms with Gasteiger partial charge in [-0.15, -0.1) is 0 Å². The van der Waals surface area contributed by atoms with Crippen LogP contribution in [0.1, 0.15) is 37.7 Å². The van der Waals surface area contributed by atoms with Crippen LogP contribution in [0.25, 0.3) is 11.1 Å². The lowest BCUT2D eigenvalue weighted by Crippen LogP contribution is -2.27. The van der Waals surface area contributed by atoms with Crippen LogP contribution in [0, 0.1) is 5.92 Å². The molecular formula is C20H25N2O2+. The predicted octanol–water partition coefficient (Wildman–Crippen LogP) is 3.12. The summed E-state index contributed by atoms with van der Waals surface area (Å²) < 4.78 is 1.02. The van der Waals surface area contributed by atoms with Gasteiger partial charge < -0.3 is 5.32 Å². The van der Waals surface area contributed by atoms with Crippen LogP contribution >= 0.6 is 0 Å². The summed E-state index contributed by atoms with van der Waals surface area (Å²) in [5.41, 5.74) is 3.12. The third kappa shape index (κ3) is 4.57. The van der Waals surface area contributed by atoms with E-state index in [9.17, 15) is 10.0 Å². The Morgan fingerprint density at radius 2 is 1.67 bits per heavy atom. The SMILES string of the molecule is O=C(Cc1ccc(-c2cc[n+](O)cc2)cc1)NCCC1CCCC1. The highest BCUT2D eigenvalue weighted by atomic mass is 16.5. The van der Waals surface area contributed by atoms with Crippen LogP contribution < -0.4 is 10.0 Å². The standard InChI is InChI=1S/C20H24N2O2/c23-20(21-12-9-16-3-1-2-4-16)15-17-5-7-18(8-6-17)19-10-13-22(24)14-11-19/h5-8,10-11,13-14,16H,1-4,9,12,15H2,(H-,21,23,24)/p+1. The summed E-state index contributed by atoms with van der Waals surface area (Å²) in [4.78, 5) is 12.0. The first-order chi connectivity index (χ1) is 11.7. The van der Waals surface area contributed by atoms with Crippen LogP contribution in [-0.4, -0.2) is 17.7 Å². The van der Waals surface area contributed by atoms with Gasteiger partial charge in [0.15, 0.2) is 0 Å². The summed E-state index contributed by atoms with van der Waals surface area (Å²) >= 11 is 0. The minimum absolute atomic E-state index is 0.0989. The molecular weight excluding hydrogens is 300 g/mol. The average Bonchev–Trinajstić information content (AvgIpc) is 3.10. The number of nitrogens with zero attached hydrogens (tertiary/aromatic N) is 1. The van der Waals surface area contributed by atoms with Gasteiger partial charge in [-0.05, 0) is 29.0 Å². The Morgan fingerprint density at radius 3 is 2.33 bits per heavy atom. The first kappa shape index (κ1) is 16.5. The van der Waals surface area contributed by atoms with E-state index in [0.29, 0.717) is 6.42 Å². The summed E-state index contributed by atoms with van der Waals surface area (Å²) in [6.07, 6.45) is 10.1. The van der Waals surface area contributed by atoms with E-state index in [-0.39, 0.29) is 5.91 Å². The van der Waals surface area contributed by atoms with Crippen molar-refractivity contribution in [1.29, 1.82) is 0 Å². The van der Waals surface area contributed by atoms with Gasteiger partial charge in [0.1, 0.15) is 0 Å². The van der Waals surface area contributed by atoms with Crippen molar-refractivity contribution in [3.05, 3.63) is 54.4 Å². The summed E-state index contributed by atoms with van der Waals surface area (Å²) in [6, 6.07) is 11.7. The molecule has 0 aliphatic heterocycles. The Kier molecular flexibility index (Phi) is 5.47. The summed E-state index contributed by atoms with van der Waals surface area (Å²) in [5.74, 6) is 0.912. The number of carbonyl (C=O) groups is 1. The molecule has 0 unspecified atom stereocenters. The van der Waals surface area contributed by atoms with Gasteiger partial charge in [0.05, 0.1) is 6.42 Å². The second-order valence-electron chi connectivity index (χ2n) is 6.63. The van der Waals surface area contributed by atoms with Crippen LogP contribution in [-0.2, 0) is 11.2 Å². The fraction of sp³-hybridized carbons (Fsp3) is 0.400.